The van der Waals surface area contributed by atoms with Crippen LogP contribution in [0.25, 0.3) is 0 Å². The summed E-state index contributed by atoms with van der Waals surface area (Å²) in [6.07, 6.45) is 1.03. The summed E-state index contributed by atoms with van der Waals surface area (Å²) in [5.41, 5.74) is 6.87. The molecule has 0 bridgehead atoms. The summed E-state index contributed by atoms with van der Waals surface area (Å²) < 4.78 is 1.15. The van der Waals surface area contributed by atoms with E-state index in [4.69, 9.17) is 0 Å². The van der Waals surface area contributed by atoms with Crippen LogP contribution in [0.2, 0.25) is 0 Å². The molecule has 1 atom stereocenters. The monoisotopic (exact) mass is 345 g/mol. The van der Waals surface area contributed by atoms with Gasteiger partial charge in [-0.15, -0.1) is 0 Å². The quantitative estimate of drug-likeness (QED) is 0.778. The Morgan fingerprint density at radius 1 is 1.05 bits per heavy atom. The van der Waals surface area contributed by atoms with E-state index < -0.39 is 0 Å². The van der Waals surface area contributed by atoms with Crippen LogP contribution >= 0.6 is 15.9 Å². The summed E-state index contributed by atoms with van der Waals surface area (Å²) >= 11 is 3.62. The molecule has 1 N–H and O–H groups in total. The van der Waals surface area contributed by atoms with Crippen LogP contribution in [0.15, 0.2) is 40.9 Å². The van der Waals surface area contributed by atoms with Crippen LogP contribution in [0.4, 0.5) is 0 Å². The zero-order valence-corrected chi connectivity index (χ0v) is 14.9. The van der Waals surface area contributed by atoms with Crippen molar-refractivity contribution in [2.24, 2.45) is 0 Å². The van der Waals surface area contributed by atoms with Gasteiger partial charge in [-0.1, -0.05) is 47.1 Å². The Morgan fingerprint density at radius 2 is 1.71 bits per heavy atom. The molecule has 0 aromatic heterocycles. The Balaban J connectivity index is 2.35. The number of rotatable bonds is 5. The molecule has 2 aromatic rings. The first-order valence-corrected chi connectivity index (χ1v) is 8.36. The van der Waals surface area contributed by atoms with E-state index >= 15 is 0 Å². The summed E-state index contributed by atoms with van der Waals surface area (Å²) in [4.78, 5) is 0. The predicted molar refractivity (Wildman–Crippen MR) is 94.9 cm³/mol. The van der Waals surface area contributed by atoms with Gasteiger partial charge in [0.2, 0.25) is 0 Å². The molecular formula is C19H24BrN. The Bertz CT molecular complexity index is 578. The zero-order chi connectivity index (χ0) is 15.4. The lowest BCUT2D eigenvalue weighted by molar-refractivity contribution is 0.547. The fourth-order valence-electron chi connectivity index (χ4n) is 2.90. The SMILES string of the molecule is CCNC(Cc1c(C)cccc1C)c1cc(C)cc(Br)c1. The van der Waals surface area contributed by atoms with Crippen molar-refractivity contribution in [1.82, 2.24) is 5.32 Å². The highest BCUT2D eigenvalue weighted by molar-refractivity contribution is 9.10. The highest BCUT2D eigenvalue weighted by Crippen LogP contribution is 2.26. The fourth-order valence-corrected chi connectivity index (χ4v) is 3.52. The molecule has 0 aliphatic carbocycles. The lowest BCUT2D eigenvalue weighted by atomic mass is 9.92. The average molecular weight is 346 g/mol. The van der Waals surface area contributed by atoms with Crippen molar-refractivity contribution in [3.8, 4) is 0 Å². The van der Waals surface area contributed by atoms with Crippen molar-refractivity contribution in [3.63, 3.8) is 0 Å². The Labute approximate surface area is 136 Å². The molecule has 0 fully saturated rings. The predicted octanol–water partition coefficient (Wildman–Crippen LogP) is 5.27. The largest absolute Gasteiger partial charge is 0.310 e. The minimum absolute atomic E-state index is 0.353. The van der Waals surface area contributed by atoms with Gasteiger partial charge in [-0.25, -0.2) is 0 Å². The van der Waals surface area contributed by atoms with Crippen LogP contribution in [-0.4, -0.2) is 6.54 Å². The minimum Gasteiger partial charge on any atom is -0.310 e. The highest BCUT2D eigenvalue weighted by Gasteiger charge is 2.14. The molecule has 2 rings (SSSR count). The molecule has 0 saturated heterocycles. The summed E-state index contributed by atoms with van der Waals surface area (Å²) in [6.45, 7) is 9.70. The Hall–Kier alpha value is -1.12. The van der Waals surface area contributed by atoms with Gasteiger partial charge in [-0.05, 0) is 73.7 Å². The van der Waals surface area contributed by atoms with Crippen molar-refractivity contribution < 1.29 is 0 Å². The number of hydrogen-bond donors (Lipinski definition) is 1. The number of nitrogens with one attached hydrogen (secondary N) is 1. The summed E-state index contributed by atoms with van der Waals surface area (Å²) in [5, 5.41) is 3.64. The summed E-state index contributed by atoms with van der Waals surface area (Å²) in [7, 11) is 0. The van der Waals surface area contributed by atoms with Crippen LogP contribution < -0.4 is 5.32 Å². The van der Waals surface area contributed by atoms with Gasteiger partial charge in [-0.2, -0.15) is 0 Å². The van der Waals surface area contributed by atoms with Gasteiger partial charge in [0.1, 0.15) is 0 Å². The van der Waals surface area contributed by atoms with Gasteiger partial charge < -0.3 is 5.32 Å². The molecule has 1 nitrogen and oxygen atoms in total. The van der Waals surface area contributed by atoms with Crippen molar-refractivity contribution in [1.29, 1.82) is 0 Å². The molecular weight excluding hydrogens is 322 g/mol. The lowest BCUT2D eigenvalue weighted by Crippen LogP contribution is -2.23. The van der Waals surface area contributed by atoms with Gasteiger partial charge in [0.15, 0.2) is 0 Å². The van der Waals surface area contributed by atoms with E-state index in [1.165, 1.54) is 27.8 Å². The van der Waals surface area contributed by atoms with E-state index in [9.17, 15) is 0 Å². The molecule has 0 saturated carbocycles. The van der Waals surface area contributed by atoms with Crippen molar-refractivity contribution >= 4 is 15.9 Å². The first kappa shape index (κ1) is 16.3. The van der Waals surface area contributed by atoms with E-state index in [0.29, 0.717) is 6.04 Å². The van der Waals surface area contributed by atoms with E-state index in [0.717, 1.165) is 17.4 Å². The second kappa shape index (κ2) is 7.24. The number of aryl methyl sites for hydroxylation is 3. The van der Waals surface area contributed by atoms with E-state index in [-0.39, 0.29) is 0 Å². The third-order valence-electron chi connectivity index (χ3n) is 3.97. The molecule has 21 heavy (non-hydrogen) atoms. The fraction of sp³-hybridized carbons (Fsp3) is 0.368. The molecule has 0 amide bonds. The van der Waals surface area contributed by atoms with Gasteiger partial charge in [-0.3, -0.25) is 0 Å². The minimum atomic E-state index is 0.353. The number of likely N-dealkylation sites (N-methyl/N-ethyl adjacent to an activating group) is 1. The molecule has 1 unspecified atom stereocenters. The maximum Gasteiger partial charge on any atom is 0.0361 e. The Morgan fingerprint density at radius 3 is 2.29 bits per heavy atom. The molecule has 0 aliphatic heterocycles. The molecule has 2 aromatic carbocycles. The molecule has 0 aliphatic rings. The van der Waals surface area contributed by atoms with Crippen LogP contribution in [0.1, 0.15) is 40.8 Å². The van der Waals surface area contributed by atoms with Crippen molar-refractivity contribution in [2.75, 3.05) is 6.54 Å². The Kier molecular flexibility index (Phi) is 5.60. The van der Waals surface area contributed by atoms with Crippen LogP contribution in [0.3, 0.4) is 0 Å². The number of halogens is 1. The molecule has 0 radical (unpaired) electrons. The first-order valence-electron chi connectivity index (χ1n) is 7.56. The molecule has 112 valence electrons. The molecule has 2 heteroatoms. The van der Waals surface area contributed by atoms with Gasteiger partial charge in [0.25, 0.3) is 0 Å². The second-order valence-corrected chi connectivity index (χ2v) is 6.66. The van der Waals surface area contributed by atoms with Crippen molar-refractivity contribution in [2.45, 2.75) is 40.2 Å². The third-order valence-corrected chi connectivity index (χ3v) is 4.43. The van der Waals surface area contributed by atoms with Crippen LogP contribution in [0, 0.1) is 20.8 Å². The standard InChI is InChI=1S/C19H24BrN/c1-5-21-19(16-9-13(2)10-17(20)11-16)12-18-14(3)7-6-8-15(18)4/h6-11,19,21H,5,12H2,1-4H3. The van der Waals surface area contributed by atoms with Gasteiger partial charge >= 0.3 is 0 Å². The molecule has 0 heterocycles. The average Bonchev–Trinajstić information content (AvgIpc) is 2.40. The van der Waals surface area contributed by atoms with E-state index in [1.54, 1.807) is 0 Å². The van der Waals surface area contributed by atoms with Crippen LogP contribution in [-0.2, 0) is 6.42 Å². The van der Waals surface area contributed by atoms with Crippen LogP contribution in [0.5, 0.6) is 0 Å². The summed E-state index contributed by atoms with van der Waals surface area (Å²) in [5.74, 6) is 0. The number of hydrogen-bond acceptors (Lipinski definition) is 1. The van der Waals surface area contributed by atoms with E-state index in [1.807, 2.05) is 0 Å². The smallest absolute Gasteiger partial charge is 0.0361 e. The zero-order valence-electron chi connectivity index (χ0n) is 13.3. The van der Waals surface area contributed by atoms with Gasteiger partial charge in [0, 0.05) is 10.5 Å². The van der Waals surface area contributed by atoms with E-state index in [2.05, 4.69) is 85.3 Å². The van der Waals surface area contributed by atoms with Crippen molar-refractivity contribution in [3.05, 3.63) is 68.7 Å². The maximum atomic E-state index is 3.64. The highest BCUT2D eigenvalue weighted by atomic mass is 79.9. The lowest BCUT2D eigenvalue weighted by Gasteiger charge is -2.21. The summed E-state index contributed by atoms with van der Waals surface area (Å²) in [6, 6.07) is 13.6. The third kappa shape index (κ3) is 4.18. The normalized spacial score (nSPS) is 12.4. The topological polar surface area (TPSA) is 12.0 Å². The maximum absolute atomic E-state index is 3.64. The van der Waals surface area contributed by atoms with Gasteiger partial charge in [0.05, 0.1) is 0 Å². The number of benzene rings is 2. The first-order chi connectivity index (χ1) is 10.0. The molecule has 0 spiro atoms. The second-order valence-electron chi connectivity index (χ2n) is 5.75.